The maximum absolute atomic E-state index is 12.7. The van der Waals surface area contributed by atoms with Crippen LogP contribution in [0.1, 0.15) is 41.8 Å². The molecule has 1 aromatic carbocycles. The summed E-state index contributed by atoms with van der Waals surface area (Å²) in [5, 5.41) is 0.656. The molecule has 0 radical (unpaired) electrons. The molecule has 2 aromatic rings. The molecule has 118 valence electrons. The number of carbonyl (C=O) groups excluding carboxylic acids is 1. The predicted molar refractivity (Wildman–Crippen MR) is 87.7 cm³/mol. The lowest BCUT2D eigenvalue weighted by Gasteiger charge is -2.31. The first kappa shape index (κ1) is 16.6. The number of halogens is 1. The number of benzene rings is 1. The predicted octanol–water partition coefficient (Wildman–Crippen LogP) is 3.86. The van der Waals surface area contributed by atoms with E-state index in [4.69, 9.17) is 21.8 Å². The smallest absolute Gasteiger partial charge is 0.289 e. The van der Waals surface area contributed by atoms with Crippen molar-refractivity contribution in [1.29, 1.82) is 0 Å². The third kappa shape index (κ3) is 3.34. The fourth-order valence-electron chi connectivity index (χ4n) is 2.63. The Hall–Kier alpha value is -1.78. The van der Waals surface area contributed by atoms with Crippen LogP contribution in [-0.2, 0) is 6.54 Å². The first-order chi connectivity index (χ1) is 10.5. The minimum absolute atomic E-state index is 0.132. The second-order valence-electron chi connectivity index (χ2n) is 5.60. The number of furan rings is 1. The van der Waals surface area contributed by atoms with Gasteiger partial charge in [0.2, 0.25) is 0 Å². The lowest BCUT2D eigenvalue weighted by Crippen LogP contribution is -2.34. The summed E-state index contributed by atoms with van der Waals surface area (Å²) in [5.41, 5.74) is 6.45. The lowest BCUT2D eigenvalue weighted by atomic mass is 9.94. The maximum atomic E-state index is 12.7. The van der Waals surface area contributed by atoms with E-state index in [9.17, 15) is 4.79 Å². The largest absolute Gasteiger partial charge is 0.455 e. The van der Waals surface area contributed by atoms with Gasteiger partial charge in [-0.2, -0.15) is 0 Å². The summed E-state index contributed by atoms with van der Waals surface area (Å²) in [4.78, 5) is 14.3. The van der Waals surface area contributed by atoms with Crippen LogP contribution in [0.15, 0.2) is 40.8 Å². The fourth-order valence-corrected chi connectivity index (χ4v) is 2.88. The molecule has 1 amide bonds. The Labute approximate surface area is 135 Å². The van der Waals surface area contributed by atoms with E-state index >= 15 is 0 Å². The van der Waals surface area contributed by atoms with E-state index in [2.05, 4.69) is 13.8 Å². The zero-order valence-corrected chi connectivity index (χ0v) is 13.8. The zero-order valence-electron chi connectivity index (χ0n) is 13.0. The fraction of sp³-hybridized carbons (Fsp3) is 0.353. The normalized spacial score (nSPS) is 12.5. The summed E-state index contributed by atoms with van der Waals surface area (Å²) in [5.74, 6) is 0.910. The molecule has 0 fully saturated rings. The average molecular weight is 321 g/mol. The van der Waals surface area contributed by atoms with E-state index in [0.29, 0.717) is 16.5 Å². The minimum atomic E-state index is -0.182. The van der Waals surface area contributed by atoms with E-state index in [1.165, 1.54) is 0 Å². The van der Waals surface area contributed by atoms with Crippen LogP contribution in [0.3, 0.4) is 0 Å². The molecule has 0 aliphatic heterocycles. The molecule has 4 nitrogen and oxygen atoms in total. The molecule has 1 atom stereocenters. The van der Waals surface area contributed by atoms with Gasteiger partial charge in [-0.3, -0.25) is 4.79 Å². The van der Waals surface area contributed by atoms with Crippen LogP contribution in [0.2, 0.25) is 5.02 Å². The van der Waals surface area contributed by atoms with Gasteiger partial charge in [0.1, 0.15) is 5.76 Å². The van der Waals surface area contributed by atoms with Crippen LogP contribution >= 0.6 is 11.6 Å². The van der Waals surface area contributed by atoms with Gasteiger partial charge in [-0.25, -0.2) is 0 Å². The summed E-state index contributed by atoms with van der Waals surface area (Å²) in [7, 11) is 1.76. The molecular weight excluding hydrogens is 300 g/mol. The Morgan fingerprint density at radius 1 is 1.27 bits per heavy atom. The third-order valence-electron chi connectivity index (χ3n) is 3.67. The SMILES string of the molecule is CC(C)C(c1ccccc1Cl)N(C)C(=O)c1ccc(CN)o1. The van der Waals surface area contributed by atoms with E-state index < -0.39 is 0 Å². The molecule has 5 heteroatoms. The summed E-state index contributed by atoms with van der Waals surface area (Å²) >= 11 is 6.31. The number of carbonyl (C=O) groups is 1. The highest BCUT2D eigenvalue weighted by Crippen LogP contribution is 2.33. The van der Waals surface area contributed by atoms with Crippen LogP contribution in [-0.4, -0.2) is 17.9 Å². The number of nitrogens with two attached hydrogens (primary N) is 1. The maximum Gasteiger partial charge on any atom is 0.289 e. The molecule has 1 aromatic heterocycles. The Balaban J connectivity index is 2.32. The van der Waals surface area contributed by atoms with Crippen molar-refractivity contribution in [3.63, 3.8) is 0 Å². The molecule has 2 rings (SSSR count). The monoisotopic (exact) mass is 320 g/mol. The Kier molecular flexibility index (Phi) is 5.27. The third-order valence-corrected chi connectivity index (χ3v) is 4.01. The zero-order chi connectivity index (χ0) is 16.3. The number of hydrogen-bond donors (Lipinski definition) is 1. The van der Waals surface area contributed by atoms with Gasteiger partial charge in [-0.15, -0.1) is 0 Å². The minimum Gasteiger partial charge on any atom is -0.455 e. The van der Waals surface area contributed by atoms with Gasteiger partial charge >= 0.3 is 0 Å². The van der Waals surface area contributed by atoms with Crippen molar-refractivity contribution in [3.05, 3.63) is 58.5 Å². The number of rotatable bonds is 5. The van der Waals surface area contributed by atoms with E-state index in [1.807, 2.05) is 24.3 Å². The number of hydrogen-bond acceptors (Lipinski definition) is 3. The van der Waals surface area contributed by atoms with Gasteiger partial charge in [0.05, 0.1) is 12.6 Å². The molecule has 22 heavy (non-hydrogen) atoms. The van der Waals surface area contributed by atoms with Crippen molar-refractivity contribution in [1.82, 2.24) is 4.90 Å². The molecule has 0 saturated carbocycles. The van der Waals surface area contributed by atoms with Crippen molar-refractivity contribution >= 4 is 17.5 Å². The summed E-state index contributed by atoms with van der Waals surface area (Å²) in [6, 6.07) is 10.8. The van der Waals surface area contributed by atoms with Crippen LogP contribution in [0.25, 0.3) is 0 Å². The van der Waals surface area contributed by atoms with Crippen molar-refractivity contribution in [2.75, 3.05) is 7.05 Å². The molecule has 0 saturated heterocycles. The highest BCUT2D eigenvalue weighted by molar-refractivity contribution is 6.31. The van der Waals surface area contributed by atoms with Crippen LogP contribution in [0.5, 0.6) is 0 Å². The van der Waals surface area contributed by atoms with Crippen LogP contribution in [0, 0.1) is 5.92 Å². The molecule has 1 heterocycles. The van der Waals surface area contributed by atoms with Gasteiger partial charge < -0.3 is 15.1 Å². The first-order valence-electron chi connectivity index (χ1n) is 7.26. The van der Waals surface area contributed by atoms with Gasteiger partial charge in [0, 0.05) is 12.1 Å². The van der Waals surface area contributed by atoms with Gasteiger partial charge in [-0.05, 0) is 29.7 Å². The quantitative estimate of drug-likeness (QED) is 0.910. The Morgan fingerprint density at radius 3 is 2.50 bits per heavy atom. The summed E-state index contributed by atoms with van der Waals surface area (Å²) in [6.45, 7) is 4.39. The topological polar surface area (TPSA) is 59.5 Å². The second kappa shape index (κ2) is 6.99. The second-order valence-corrected chi connectivity index (χ2v) is 6.00. The average Bonchev–Trinajstić information content (AvgIpc) is 2.97. The lowest BCUT2D eigenvalue weighted by molar-refractivity contribution is 0.0653. The Bertz CT molecular complexity index is 652. The van der Waals surface area contributed by atoms with E-state index in [1.54, 1.807) is 24.1 Å². The number of nitrogens with zero attached hydrogens (tertiary/aromatic N) is 1. The van der Waals surface area contributed by atoms with Crippen molar-refractivity contribution in [2.45, 2.75) is 26.4 Å². The standard InChI is InChI=1S/C17H21ClN2O2/c1-11(2)16(13-6-4-5-7-14(13)18)20(3)17(21)15-9-8-12(10-19)22-15/h4-9,11,16H,10,19H2,1-3H3. The molecule has 1 unspecified atom stereocenters. The van der Waals surface area contributed by atoms with Crippen molar-refractivity contribution < 1.29 is 9.21 Å². The molecule has 0 aliphatic carbocycles. The summed E-state index contributed by atoms with van der Waals surface area (Å²) < 4.78 is 5.46. The van der Waals surface area contributed by atoms with Gasteiger partial charge in [-0.1, -0.05) is 43.6 Å². The molecular formula is C17H21ClN2O2. The van der Waals surface area contributed by atoms with Crippen molar-refractivity contribution in [2.24, 2.45) is 11.7 Å². The molecule has 2 N–H and O–H groups in total. The van der Waals surface area contributed by atoms with Crippen LogP contribution < -0.4 is 5.73 Å². The number of amides is 1. The van der Waals surface area contributed by atoms with E-state index in [0.717, 1.165) is 5.56 Å². The molecule has 0 aliphatic rings. The molecule has 0 spiro atoms. The van der Waals surface area contributed by atoms with Crippen molar-refractivity contribution in [3.8, 4) is 0 Å². The van der Waals surface area contributed by atoms with Crippen LogP contribution in [0.4, 0.5) is 0 Å². The highest BCUT2D eigenvalue weighted by Gasteiger charge is 2.28. The first-order valence-corrected chi connectivity index (χ1v) is 7.63. The molecule has 0 bridgehead atoms. The Morgan fingerprint density at radius 2 is 1.95 bits per heavy atom. The van der Waals surface area contributed by atoms with Gasteiger partial charge in [0.25, 0.3) is 5.91 Å². The highest BCUT2D eigenvalue weighted by atomic mass is 35.5. The van der Waals surface area contributed by atoms with Gasteiger partial charge in [0.15, 0.2) is 5.76 Å². The van der Waals surface area contributed by atoms with E-state index in [-0.39, 0.29) is 24.4 Å². The summed E-state index contributed by atoms with van der Waals surface area (Å²) in [6.07, 6.45) is 0.